The standard InChI is InChI=1S/C14H21N3O3/c1-4-7-8-11-20-14-15-12(9-5-2)13(17(18)19)16(14)10-6-3/h5-6H,2-4,7-11H2,1H3. The monoisotopic (exact) mass is 279 g/mol. The van der Waals surface area contributed by atoms with Crippen LogP contribution in [0.1, 0.15) is 31.9 Å². The summed E-state index contributed by atoms with van der Waals surface area (Å²) in [6.07, 6.45) is 6.57. The molecule has 6 heteroatoms. The maximum atomic E-state index is 11.2. The molecule has 0 atom stereocenters. The van der Waals surface area contributed by atoms with E-state index in [-0.39, 0.29) is 11.8 Å². The highest BCUT2D eigenvalue weighted by molar-refractivity contribution is 5.35. The lowest BCUT2D eigenvalue weighted by Crippen LogP contribution is -2.07. The Balaban J connectivity index is 3.01. The van der Waals surface area contributed by atoms with Crippen LogP contribution in [0, 0.1) is 10.1 Å². The summed E-state index contributed by atoms with van der Waals surface area (Å²) in [6.45, 7) is 10.1. The van der Waals surface area contributed by atoms with Crippen LogP contribution >= 0.6 is 0 Å². The summed E-state index contributed by atoms with van der Waals surface area (Å²) < 4.78 is 7.02. The third-order valence-corrected chi connectivity index (χ3v) is 2.78. The van der Waals surface area contributed by atoms with Crippen LogP contribution in [0.2, 0.25) is 0 Å². The second-order valence-electron chi connectivity index (χ2n) is 4.37. The average molecular weight is 279 g/mol. The molecule has 0 spiro atoms. The van der Waals surface area contributed by atoms with Crippen molar-refractivity contribution in [2.24, 2.45) is 0 Å². The van der Waals surface area contributed by atoms with Crippen LogP contribution < -0.4 is 4.74 Å². The van der Waals surface area contributed by atoms with E-state index >= 15 is 0 Å². The molecule has 0 aliphatic carbocycles. The number of hydrogen-bond donors (Lipinski definition) is 0. The normalized spacial score (nSPS) is 10.2. The van der Waals surface area contributed by atoms with E-state index in [1.54, 1.807) is 12.2 Å². The van der Waals surface area contributed by atoms with Crippen LogP contribution in [0.25, 0.3) is 0 Å². The molecule has 1 rings (SSSR count). The summed E-state index contributed by atoms with van der Waals surface area (Å²) >= 11 is 0. The number of aromatic nitrogens is 2. The van der Waals surface area contributed by atoms with Gasteiger partial charge in [-0.25, -0.2) is 0 Å². The second kappa shape index (κ2) is 8.14. The van der Waals surface area contributed by atoms with Crippen LogP contribution in [0.15, 0.2) is 25.3 Å². The third-order valence-electron chi connectivity index (χ3n) is 2.78. The van der Waals surface area contributed by atoms with Gasteiger partial charge in [-0.1, -0.05) is 38.5 Å². The molecule has 0 unspecified atom stereocenters. The number of ether oxygens (including phenoxy) is 1. The predicted octanol–water partition coefficient (Wildman–Crippen LogP) is 3.27. The molecule has 1 aromatic heterocycles. The minimum absolute atomic E-state index is 0.0460. The first-order valence-electron chi connectivity index (χ1n) is 6.74. The van der Waals surface area contributed by atoms with E-state index < -0.39 is 4.92 Å². The van der Waals surface area contributed by atoms with Crippen molar-refractivity contribution in [3.05, 3.63) is 41.1 Å². The average Bonchev–Trinajstić information content (AvgIpc) is 2.74. The SMILES string of the molecule is C=CCc1nc(OCCCCC)n(CC=C)c1[N+](=O)[O-]. The lowest BCUT2D eigenvalue weighted by atomic mass is 10.3. The fraction of sp³-hybridized carbons (Fsp3) is 0.500. The number of allylic oxidation sites excluding steroid dienone is 2. The zero-order valence-electron chi connectivity index (χ0n) is 11.9. The molecule has 110 valence electrons. The van der Waals surface area contributed by atoms with E-state index in [2.05, 4.69) is 25.1 Å². The third kappa shape index (κ3) is 3.94. The Morgan fingerprint density at radius 1 is 1.40 bits per heavy atom. The smallest absolute Gasteiger partial charge is 0.391 e. The molecule has 6 nitrogen and oxygen atoms in total. The maximum Gasteiger partial charge on any atom is 0.391 e. The van der Waals surface area contributed by atoms with Gasteiger partial charge in [-0.15, -0.1) is 6.58 Å². The van der Waals surface area contributed by atoms with Gasteiger partial charge in [0.15, 0.2) is 0 Å². The number of nitrogens with zero attached hydrogens (tertiary/aromatic N) is 3. The highest BCUT2D eigenvalue weighted by Gasteiger charge is 2.26. The van der Waals surface area contributed by atoms with Crippen molar-refractivity contribution in [2.75, 3.05) is 6.61 Å². The van der Waals surface area contributed by atoms with E-state index in [4.69, 9.17) is 4.74 Å². The van der Waals surface area contributed by atoms with Crippen LogP contribution in [0.3, 0.4) is 0 Å². The zero-order chi connectivity index (χ0) is 15.0. The second-order valence-corrected chi connectivity index (χ2v) is 4.37. The molecule has 0 N–H and O–H groups in total. The quantitative estimate of drug-likeness (QED) is 0.285. The molecular formula is C14H21N3O3. The number of rotatable bonds is 10. The van der Waals surface area contributed by atoms with Gasteiger partial charge in [-0.3, -0.25) is 0 Å². The number of unbranched alkanes of at least 4 members (excludes halogenated alkanes) is 2. The largest absolute Gasteiger partial charge is 0.447 e. The maximum absolute atomic E-state index is 11.2. The topological polar surface area (TPSA) is 70.2 Å². The van der Waals surface area contributed by atoms with E-state index in [0.717, 1.165) is 19.3 Å². The van der Waals surface area contributed by atoms with Crippen LogP contribution in [0.5, 0.6) is 6.01 Å². The highest BCUT2D eigenvalue weighted by atomic mass is 16.6. The summed E-state index contributed by atoms with van der Waals surface area (Å²) in [6, 6.07) is 0.282. The lowest BCUT2D eigenvalue weighted by Gasteiger charge is -2.04. The summed E-state index contributed by atoms with van der Waals surface area (Å²) in [4.78, 5) is 15.0. The Labute approximate surface area is 118 Å². The van der Waals surface area contributed by atoms with Gasteiger partial charge >= 0.3 is 11.8 Å². The first-order valence-corrected chi connectivity index (χ1v) is 6.74. The highest BCUT2D eigenvalue weighted by Crippen LogP contribution is 2.26. The Morgan fingerprint density at radius 2 is 2.15 bits per heavy atom. The Kier molecular flexibility index (Phi) is 6.49. The molecule has 0 bridgehead atoms. The molecule has 1 aromatic rings. The van der Waals surface area contributed by atoms with Gasteiger partial charge in [0.05, 0.1) is 6.61 Å². The molecule has 1 heterocycles. The van der Waals surface area contributed by atoms with Gasteiger partial charge < -0.3 is 14.9 Å². The molecule has 0 saturated heterocycles. The van der Waals surface area contributed by atoms with Crippen molar-refractivity contribution in [3.63, 3.8) is 0 Å². The minimum Gasteiger partial charge on any atom is -0.447 e. The summed E-state index contributed by atoms with van der Waals surface area (Å²) in [7, 11) is 0. The number of imidazole rings is 1. The van der Waals surface area contributed by atoms with Gasteiger partial charge in [-0.2, -0.15) is 9.55 Å². The van der Waals surface area contributed by atoms with Crippen molar-refractivity contribution in [3.8, 4) is 6.01 Å². The van der Waals surface area contributed by atoms with E-state index in [0.29, 0.717) is 25.3 Å². The van der Waals surface area contributed by atoms with Crippen molar-refractivity contribution in [1.82, 2.24) is 9.55 Å². The molecule has 0 aromatic carbocycles. The molecule has 0 aliphatic heterocycles. The molecule has 0 aliphatic rings. The van der Waals surface area contributed by atoms with Gasteiger partial charge in [0.2, 0.25) is 0 Å². The van der Waals surface area contributed by atoms with Crippen molar-refractivity contribution >= 4 is 5.82 Å². The zero-order valence-corrected chi connectivity index (χ0v) is 11.9. The molecule has 20 heavy (non-hydrogen) atoms. The van der Waals surface area contributed by atoms with Crippen molar-refractivity contribution in [2.45, 2.75) is 39.2 Å². The van der Waals surface area contributed by atoms with Gasteiger partial charge in [0.1, 0.15) is 12.2 Å². The van der Waals surface area contributed by atoms with Gasteiger partial charge in [-0.05, 0) is 11.3 Å². The predicted molar refractivity (Wildman–Crippen MR) is 78.0 cm³/mol. The lowest BCUT2D eigenvalue weighted by molar-refractivity contribution is -0.392. The fourth-order valence-electron chi connectivity index (χ4n) is 1.87. The molecule has 0 amide bonds. The van der Waals surface area contributed by atoms with Gasteiger partial charge in [0, 0.05) is 6.42 Å². The molecular weight excluding hydrogens is 258 g/mol. The minimum atomic E-state index is -0.436. The molecule has 0 saturated carbocycles. The van der Waals surface area contributed by atoms with Crippen LogP contribution in [-0.4, -0.2) is 21.1 Å². The van der Waals surface area contributed by atoms with Crippen LogP contribution in [-0.2, 0) is 13.0 Å². The summed E-state index contributed by atoms with van der Waals surface area (Å²) in [5, 5.41) is 11.2. The van der Waals surface area contributed by atoms with E-state index in [9.17, 15) is 10.1 Å². The summed E-state index contributed by atoms with van der Waals surface area (Å²) in [5.74, 6) is -0.0460. The number of hydrogen-bond acceptors (Lipinski definition) is 4. The Bertz CT molecular complexity index is 480. The molecule has 0 fully saturated rings. The van der Waals surface area contributed by atoms with Crippen LogP contribution in [0.4, 0.5) is 5.82 Å². The fourth-order valence-corrected chi connectivity index (χ4v) is 1.87. The Morgan fingerprint density at radius 3 is 2.70 bits per heavy atom. The van der Waals surface area contributed by atoms with Gasteiger partial charge in [0.25, 0.3) is 0 Å². The molecule has 0 radical (unpaired) electrons. The first kappa shape index (κ1) is 15.9. The Hall–Kier alpha value is -2.11. The first-order chi connectivity index (χ1) is 9.65. The van der Waals surface area contributed by atoms with Crippen molar-refractivity contribution < 1.29 is 9.66 Å². The summed E-state index contributed by atoms with van der Waals surface area (Å²) in [5.41, 5.74) is 0.373. The number of nitro groups is 1. The van der Waals surface area contributed by atoms with E-state index in [1.165, 1.54) is 4.57 Å². The van der Waals surface area contributed by atoms with Crippen molar-refractivity contribution in [1.29, 1.82) is 0 Å². The van der Waals surface area contributed by atoms with E-state index in [1.807, 2.05) is 0 Å².